The molecule has 34 heavy (non-hydrogen) atoms. The first-order chi connectivity index (χ1) is 16.7. The Kier molecular flexibility index (Phi) is 6.42. The van der Waals surface area contributed by atoms with Crippen LogP contribution < -0.4 is 10.1 Å². The fourth-order valence-electron chi connectivity index (χ4n) is 4.42. The van der Waals surface area contributed by atoms with Crippen molar-refractivity contribution in [2.45, 2.75) is 26.0 Å². The molecule has 6 nitrogen and oxygen atoms in total. The van der Waals surface area contributed by atoms with Gasteiger partial charge in [-0.25, -0.2) is 14.2 Å². The van der Waals surface area contributed by atoms with E-state index in [0.29, 0.717) is 31.3 Å². The predicted molar refractivity (Wildman–Crippen MR) is 130 cm³/mol. The van der Waals surface area contributed by atoms with Crippen LogP contribution in [0.15, 0.2) is 78.9 Å². The molecular weight excluding hydrogens is 431 g/mol. The van der Waals surface area contributed by atoms with Crippen LogP contribution >= 0.6 is 0 Å². The van der Waals surface area contributed by atoms with Crippen molar-refractivity contribution in [3.8, 4) is 5.75 Å². The van der Waals surface area contributed by atoms with Gasteiger partial charge in [-0.15, -0.1) is 0 Å². The van der Waals surface area contributed by atoms with Crippen LogP contribution in [-0.2, 0) is 13.2 Å². The Labute approximate surface area is 198 Å². The molecular formula is C27H27FN4O2. The summed E-state index contributed by atoms with van der Waals surface area (Å²) in [5, 5.41) is 2.85. The van der Waals surface area contributed by atoms with E-state index in [1.165, 1.54) is 12.1 Å². The van der Waals surface area contributed by atoms with E-state index in [9.17, 15) is 9.18 Å². The van der Waals surface area contributed by atoms with E-state index in [4.69, 9.17) is 9.72 Å². The Morgan fingerprint density at radius 1 is 0.971 bits per heavy atom. The van der Waals surface area contributed by atoms with Gasteiger partial charge < -0.3 is 19.5 Å². The number of aromatic nitrogens is 2. The number of urea groups is 1. The third kappa shape index (κ3) is 5.03. The Bertz CT molecular complexity index is 1250. The summed E-state index contributed by atoms with van der Waals surface area (Å²) in [6.07, 6.45) is 1.81. The van der Waals surface area contributed by atoms with Crippen LogP contribution in [-0.4, -0.2) is 33.6 Å². The number of ether oxygens (including phenoxy) is 1. The number of anilines is 1. The molecule has 0 aliphatic carbocycles. The predicted octanol–water partition coefficient (Wildman–Crippen LogP) is 5.70. The number of halogens is 1. The molecule has 1 aliphatic rings. The number of amides is 2. The van der Waals surface area contributed by atoms with Crippen LogP contribution in [0.4, 0.5) is 14.9 Å². The normalized spacial score (nSPS) is 14.3. The topological polar surface area (TPSA) is 59.4 Å². The average Bonchev–Trinajstić information content (AvgIpc) is 3.22. The van der Waals surface area contributed by atoms with E-state index in [1.807, 2.05) is 53.4 Å². The summed E-state index contributed by atoms with van der Waals surface area (Å²) in [5.41, 5.74) is 2.66. The molecule has 5 rings (SSSR count). The van der Waals surface area contributed by atoms with Crippen molar-refractivity contribution >= 4 is 22.8 Å². The molecule has 174 valence electrons. The van der Waals surface area contributed by atoms with E-state index < -0.39 is 0 Å². The van der Waals surface area contributed by atoms with Crippen molar-refractivity contribution in [2.24, 2.45) is 5.92 Å². The minimum atomic E-state index is -0.320. The maximum atomic E-state index is 13.1. The summed E-state index contributed by atoms with van der Waals surface area (Å²) in [6, 6.07) is 23.6. The fourth-order valence-corrected chi connectivity index (χ4v) is 4.42. The lowest BCUT2D eigenvalue weighted by Crippen LogP contribution is -2.41. The van der Waals surface area contributed by atoms with Crippen LogP contribution in [0.1, 0.15) is 18.7 Å². The molecule has 2 heterocycles. The summed E-state index contributed by atoms with van der Waals surface area (Å²) in [6.45, 7) is 2.60. The number of benzene rings is 3. The molecule has 1 saturated heterocycles. The van der Waals surface area contributed by atoms with Gasteiger partial charge in [-0.1, -0.05) is 30.3 Å². The minimum Gasteiger partial charge on any atom is -0.486 e. The van der Waals surface area contributed by atoms with Crippen molar-refractivity contribution in [1.82, 2.24) is 14.5 Å². The van der Waals surface area contributed by atoms with Gasteiger partial charge in [0.2, 0.25) is 0 Å². The summed E-state index contributed by atoms with van der Waals surface area (Å²) < 4.78 is 21.4. The summed E-state index contributed by atoms with van der Waals surface area (Å²) >= 11 is 0. The molecule has 7 heteroatoms. The number of hydrogen-bond acceptors (Lipinski definition) is 3. The van der Waals surface area contributed by atoms with E-state index in [-0.39, 0.29) is 11.8 Å². The second kappa shape index (κ2) is 9.95. The molecule has 3 aromatic carbocycles. The monoisotopic (exact) mass is 458 g/mol. The van der Waals surface area contributed by atoms with Crippen LogP contribution in [0.25, 0.3) is 11.0 Å². The van der Waals surface area contributed by atoms with Gasteiger partial charge in [0.05, 0.1) is 11.0 Å². The number of nitrogens with one attached hydrogen (secondary N) is 1. The molecule has 0 atom stereocenters. The van der Waals surface area contributed by atoms with Crippen molar-refractivity contribution in [1.29, 1.82) is 0 Å². The Balaban J connectivity index is 1.23. The highest BCUT2D eigenvalue weighted by Gasteiger charge is 2.24. The van der Waals surface area contributed by atoms with Gasteiger partial charge in [-0.3, -0.25) is 0 Å². The molecule has 1 fully saturated rings. The highest BCUT2D eigenvalue weighted by atomic mass is 19.1. The zero-order valence-corrected chi connectivity index (χ0v) is 18.9. The molecule has 0 radical (unpaired) electrons. The Morgan fingerprint density at radius 2 is 1.68 bits per heavy atom. The lowest BCUT2D eigenvalue weighted by molar-refractivity contribution is 0.176. The highest BCUT2D eigenvalue weighted by molar-refractivity contribution is 5.89. The number of carbonyl (C=O) groups is 1. The number of piperidine rings is 1. The lowest BCUT2D eigenvalue weighted by Gasteiger charge is -2.32. The number of imidazole rings is 1. The zero-order chi connectivity index (χ0) is 23.3. The second-order valence-electron chi connectivity index (χ2n) is 8.60. The van der Waals surface area contributed by atoms with Crippen molar-refractivity contribution in [3.05, 3.63) is 90.5 Å². The quantitative estimate of drug-likeness (QED) is 0.403. The number of fused-ring (bicyclic) bond motifs is 1. The number of para-hydroxylation sites is 3. The Morgan fingerprint density at radius 3 is 2.44 bits per heavy atom. The van der Waals surface area contributed by atoms with Gasteiger partial charge in [0, 0.05) is 25.3 Å². The SMILES string of the molecule is O=C(Nc1ccc(F)cc1)N1CCC(Cn2c(COc3ccccc3)nc3ccccc32)CC1. The molecule has 2 amide bonds. The molecule has 1 aliphatic heterocycles. The van der Waals surface area contributed by atoms with Crippen LogP contribution in [0.5, 0.6) is 5.75 Å². The fraction of sp³-hybridized carbons (Fsp3) is 0.259. The van der Waals surface area contributed by atoms with Crippen LogP contribution in [0, 0.1) is 11.7 Å². The van der Waals surface area contributed by atoms with E-state index in [1.54, 1.807) is 12.1 Å². The highest BCUT2D eigenvalue weighted by Crippen LogP contribution is 2.25. The number of carbonyl (C=O) groups excluding carboxylic acids is 1. The second-order valence-corrected chi connectivity index (χ2v) is 8.60. The van der Waals surface area contributed by atoms with Crippen molar-refractivity contribution in [3.63, 3.8) is 0 Å². The third-order valence-electron chi connectivity index (χ3n) is 6.28. The van der Waals surface area contributed by atoms with Gasteiger partial charge in [0.1, 0.15) is 24.0 Å². The van der Waals surface area contributed by atoms with Crippen molar-refractivity contribution < 1.29 is 13.9 Å². The molecule has 0 spiro atoms. The van der Waals surface area contributed by atoms with E-state index in [0.717, 1.165) is 42.0 Å². The average molecular weight is 459 g/mol. The molecule has 0 bridgehead atoms. The lowest BCUT2D eigenvalue weighted by atomic mass is 9.96. The van der Waals surface area contributed by atoms with Crippen LogP contribution in [0.2, 0.25) is 0 Å². The molecule has 4 aromatic rings. The zero-order valence-electron chi connectivity index (χ0n) is 18.9. The smallest absolute Gasteiger partial charge is 0.321 e. The molecule has 1 aromatic heterocycles. The first-order valence-corrected chi connectivity index (χ1v) is 11.6. The summed E-state index contributed by atoms with van der Waals surface area (Å²) in [4.78, 5) is 19.3. The number of nitrogens with zero attached hydrogens (tertiary/aromatic N) is 3. The maximum Gasteiger partial charge on any atom is 0.321 e. The third-order valence-corrected chi connectivity index (χ3v) is 6.28. The van der Waals surface area contributed by atoms with E-state index >= 15 is 0 Å². The van der Waals surface area contributed by atoms with Gasteiger partial charge in [0.25, 0.3) is 0 Å². The molecule has 0 saturated carbocycles. The maximum absolute atomic E-state index is 13.1. The van der Waals surface area contributed by atoms with Gasteiger partial charge >= 0.3 is 6.03 Å². The van der Waals surface area contributed by atoms with Crippen LogP contribution in [0.3, 0.4) is 0 Å². The number of rotatable bonds is 6. The molecule has 1 N–H and O–H groups in total. The van der Waals surface area contributed by atoms with Gasteiger partial charge in [-0.2, -0.15) is 0 Å². The summed E-state index contributed by atoms with van der Waals surface area (Å²) in [5.74, 6) is 1.84. The minimum absolute atomic E-state index is 0.143. The Hall–Kier alpha value is -3.87. The van der Waals surface area contributed by atoms with E-state index in [2.05, 4.69) is 16.0 Å². The standard InChI is InChI=1S/C27H27FN4O2/c28-21-10-12-22(13-11-21)29-27(33)31-16-14-20(15-17-31)18-32-25-9-5-4-8-24(25)30-26(32)19-34-23-6-2-1-3-7-23/h1-13,20H,14-19H2,(H,29,33). The summed E-state index contributed by atoms with van der Waals surface area (Å²) in [7, 11) is 0. The molecule has 0 unspecified atom stereocenters. The van der Waals surface area contributed by atoms with Gasteiger partial charge in [-0.05, 0) is 67.3 Å². The largest absolute Gasteiger partial charge is 0.486 e. The first kappa shape index (κ1) is 21.9. The number of likely N-dealkylation sites (tertiary alicyclic amines) is 1. The van der Waals surface area contributed by atoms with Gasteiger partial charge in [0.15, 0.2) is 0 Å². The van der Waals surface area contributed by atoms with Crippen molar-refractivity contribution in [2.75, 3.05) is 18.4 Å². The first-order valence-electron chi connectivity index (χ1n) is 11.6. The number of hydrogen-bond donors (Lipinski definition) is 1.